The van der Waals surface area contributed by atoms with Gasteiger partial charge in [-0.15, -0.1) is 23.7 Å². The Morgan fingerprint density at radius 2 is 2.36 bits per heavy atom. The van der Waals surface area contributed by atoms with Crippen LogP contribution < -0.4 is 11.1 Å². The number of carbonyl (C=O) groups is 1. The third-order valence-corrected chi connectivity index (χ3v) is 4.88. The molecular weight excluding hydrogens is 322 g/mol. The van der Waals surface area contributed by atoms with Gasteiger partial charge in [0.05, 0.1) is 17.1 Å². The van der Waals surface area contributed by atoms with Crippen molar-refractivity contribution < 1.29 is 9.21 Å². The molecule has 0 radical (unpaired) electrons. The van der Waals surface area contributed by atoms with Crippen LogP contribution in [0.5, 0.6) is 0 Å². The molecule has 0 aliphatic heterocycles. The van der Waals surface area contributed by atoms with Crippen LogP contribution in [0.15, 0.2) is 28.2 Å². The molecule has 1 fully saturated rings. The number of aromatic nitrogens is 1. The number of carbonyl (C=O) groups excluding carboxylic acids is 1. The number of halogens is 1. The van der Waals surface area contributed by atoms with Crippen molar-refractivity contribution in [3.8, 4) is 10.8 Å². The largest absolute Gasteiger partial charge is 0.443 e. The molecule has 1 aliphatic rings. The molecule has 3 rings (SSSR count). The quantitative estimate of drug-likeness (QED) is 0.876. The van der Waals surface area contributed by atoms with E-state index in [1.165, 1.54) is 0 Å². The smallest absolute Gasteiger partial charge is 0.236 e. The first-order valence-electron chi connectivity index (χ1n) is 7.24. The highest BCUT2D eigenvalue weighted by atomic mass is 35.5. The average molecular weight is 342 g/mol. The van der Waals surface area contributed by atoms with Gasteiger partial charge in [0, 0.05) is 5.92 Å². The lowest BCUT2D eigenvalue weighted by Crippen LogP contribution is -2.34. The maximum atomic E-state index is 12.2. The topological polar surface area (TPSA) is 81.2 Å². The van der Waals surface area contributed by atoms with Crippen molar-refractivity contribution in [3.63, 3.8) is 0 Å². The molecular formula is C15H20ClN3O2S. The summed E-state index contributed by atoms with van der Waals surface area (Å²) in [5.74, 6) is 1.07. The predicted octanol–water partition coefficient (Wildman–Crippen LogP) is 2.82. The molecule has 3 N–H and O–H groups in total. The minimum absolute atomic E-state index is 0. The van der Waals surface area contributed by atoms with Crippen LogP contribution in [0.3, 0.4) is 0 Å². The Morgan fingerprint density at radius 3 is 3.09 bits per heavy atom. The summed E-state index contributed by atoms with van der Waals surface area (Å²) in [5.41, 5.74) is 6.47. The van der Waals surface area contributed by atoms with Crippen LogP contribution >= 0.6 is 23.7 Å². The van der Waals surface area contributed by atoms with E-state index >= 15 is 0 Å². The lowest BCUT2D eigenvalue weighted by atomic mass is 9.95. The van der Waals surface area contributed by atoms with Crippen molar-refractivity contribution in [3.05, 3.63) is 29.5 Å². The summed E-state index contributed by atoms with van der Waals surface area (Å²) in [4.78, 5) is 17.6. The van der Waals surface area contributed by atoms with E-state index in [1.54, 1.807) is 17.6 Å². The summed E-state index contributed by atoms with van der Waals surface area (Å²) < 4.78 is 5.44. The number of thiophene rings is 1. The molecule has 0 bridgehead atoms. The van der Waals surface area contributed by atoms with E-state index in [0.717, 1.165) is 29.8 Å². The van der Waals surface area contributed by atoms with Gasteiger partial charge in [-0.1, -0.05) is 12.5 Å². The van der Waals surface area contributed by atoms with E-state index in [2.05, 4.69) is 10.3 Å². The maximum Gasteiger partial charge on any atom is 0.236 e. The maximum absolute atomic E-state index is 12.2. The number of oxazole rings is 1. The van der Waals surface area contributed by atoms with Gasteiger partial charge < -0.3 is 15.5 Å². The first-order valence-corrected chi connectivity index (χ1v) is 8.12. The fourth-order valence-corrected chi connectivity index (χ4v) is 3.53. The van der Waals surface area contributed by atoms with Gasteiger partial charge in [-0.3, -0.25) is 4.79 Å². The number of hydrogen-bond acceptors (Lipinski definition) is 5. The van der Waals surface area contributed by atoms with Gasteiger partial charge >= 0.3 is 0 Å². The second-order valence-corrected chi connectivity index (χ2v) is 6.32. The number of hydrogen-bond donors (Lipinski definition) is 2. The van der Waals surface area contributed by atoms with Crippen molar-refractivity contribution in [2.24, 2.45) is 17.6 Å². The zero-order valence-electron chi connectivity index (χ0n) is 12.2. The Hall–Kier alpha value is -1.37. The van der Waals surface area contributed by atoms with E-state index in [-0.39, 0.29) is 24.2 Å². The van der Waals surface area contributed by atoms with Crippen molar-refractivity contribution in [1.29, 1.82) is 0 Å². The van der Waals surface area contributed by atoms with Gasteiger partial charge in [-0.25, -0.2) is 4.98 Å². The lowest BCUT2D eigenvalue weighted by Gasteiger charge is -2.16. The molecule has 1 amide bonds. The highest BCUT2D eigenvalue weighted by Crippen LogP contribution is 2.31. The fourth-order valence-electron chi connectivity index (χ4n) is 2.87. The molecule has 2 heterocycles. The zero-order valence-corrected chi connectivity index (χ0v) is 13.8. The van der Waals surface area contributed by atoms with Crippen molar-refractivity contribution in [2.75, 3.05) is 6.54 Å². The fraction of sp³-hybridized carbons (Fsp3) is 0.467. The number of nitrogens with one attached hydrogen (secondary N) is 1. The Labute approximate surface area is 139 Å². The van der Waals surface area contributed by atoms with Crippen molar-refractivity contribution >= 4 is 29.7 Å². The molecule has 22 heavy (non-hydrogen) atoms. The molecule has 1 saturated carbocycles. The predicted molar refractivity (Wildman–Crippen MR) is 88.8 cm³/mol. The second kappa shape index (κ2) is 7.76. The van der Waals surface area contributed by atoms with Gasteiger partial charge in [0.1, 0.15) is 6.26 Å². The average Bonchev–Trinajstić information content (AvgIpc) is 3.24. The standard InChI is InChI=1S/C15H19N3O2S.ClH/c16-7-10-3-1-4-12(10)14(19)17-8-11-9-20-15(18-11)13-5-2-6-21-13;/h2,5-6,9-10,12H,1,3-4,7-8,16H2,(H,17,19);1H/t10-,12-;/m1./s1. The lowest BCUT2D eigenvalue weighted by molar-refractivity contribution is -0.126. The molecule has 5 nitrogen and oxygen atoms in total. The Bertz CT molecular complexity index is 600. The van der Waals surface area contributed by atoms with Crippen LogP contribution in [-0.4, -0.2) is 17.4 Å². The number of nitrogens with two attached hydrogens (primary N) is 1. The summed E-state index contributed by atoms with van der Waals surface area (Å²) in [5, 5.41) is 4.93. The Balaban J connectivity index is 0.00000176. The third-order valence-electron chi connectivity index (χ3n) is 4.03. The molecule has 0 saturated heterocycles. The van der Waals surface area contributed by atoms with E-state index < -0.39 is 0 Å². The zero-order chi connectivity index (χ0) is 14.7. The summed E-state index contributed by atoms with van der Waals surface area (Å²) in [7, 11) is 0. The van der Waals surface area contributed by atoms with Crippen LogP contribution in [0.25, 0.3) is 10.8 Å². The molecule has 0 aromatic carbocycles. The van der Waals surface area contributed by atoms with Gasteiger partial charge in [0.15, 0.2) is 0 Å². The van der Waals surface area contributed by atoms with Crippen molar-refractivity contribution in [1.82, 2.24) is 10.3 Å². The van der Waals surface area contributed by atoms with Crippen LogP contribution in [0, 0.1) is 11.8 Å². The van der Waals surface area contributed by atoms with Crippen LogP contribution in [0.2, 0.25) is 0 Å². The molecule has 1 aliphatic carbocycles. The minimum atomic E-state index is 0. The second-order valence-electron chi connectivity index (χ2n) is 5.37. The van der Waals surface area contributed by atoms with Crippen LogP contribution in [0.1, 0.15) is 25.0 Å². The summed E-state index contributed by atoms with van der Waals surface area (Å²) >= 11 is 1.58. The first kappa shape index (κ1) is 17.0. The van der Waals surface area contributed by atoms with Crippen molar-refractivity contribution in [2.45, 2.75) is 25.8 Å². The number of amides is 1. The normalized spacial score (nSPS) is 20.6. The number of rotatable bonds is 5. The molecule has 120 valence electrons. The molecule has 2 aromatic rings. The highest BCUT2D eigenvalue weighted by Gasteiger charge is 2.31. The van der Waals surface area contributed by atoms with Gasteiger partial charge in [0.2, 0.25) is 11.8 Å². The van der Waals surface area contributed by atoms with E-state index in [9.17, 15) is 4.79 Å². The Morgan fingerprint density at radius 1 is 1.50 bits per heavy atom. The summed E-state index contributed by atoms with van der Waals surface area (Å²) in [6.45, 7) is 0.992. The Kier molecular flexibility index (Phi) is 5.99. The minimum Gasteiger partial charge on any atom is -0.443 e. The molecule has 0 unspecified atom stereocenters. The number of nitrogens with zero attached hydrogens (tertiary/aromatic N) is 1. The molecule has 7 heteroatoms. The van der Waals surface area contributed by atoms with E-state index in [4.69, 9.17) is 10.2 Å². The van der Waals surface area contributed by atoms with Gasteiger partial charge in [-0.2, -0.15) is 0 Å². The first-order chi connectivity index (χ1) is 10.3. The van der Waals surface area contributed by atoms with Crippen LogP contribution in [-0.2, 0) is 11.3 Å². The molecule has 2 aromatic heterocycles. The van der Waals surface area contributed by atoms with E-state index in [0.29, 0.717) is 24.9 Å². The van der Waals surface area contributed by atoms with Gasteiger partial charge in [-0.05, 0) is 36.8 Å². The highest BCUT2D eigenvalue weighted by molar-refractivity contribution is 7.13. The van der Waals surface area contributed by atoms with E-state index in [1.807, 2.05) is 17.5 Å². The SMILES string of the molecule is Cl.NC[C@H]1CCC[C@H]1C(=O)NCc1coc(-c2cccs2)n1. The molecule has 0 spiro atoms. The third kappa shape index (κ3) is 3.69. The van der Waals surface area contributed by atoms with Gasteiger partial charge in [0.25, 0.3) is 0 Å². The van der Waals surface area contributed by atoms with Crippen LogP contribution in [0.4, 0.5) is 0 Å². The molecule has 2 atom stereocenters. The summed E-state index contributed by atoms with van der Waals surface area (Å²) in [6.07, 6.45) is 4.69. The summed E-state index contributed by atoms with van der Waals surface area (Å²) in [6, 6.07) is 3.92. The monoisotopic (exact) mass is 341 g/mol.